The van der Waals surface area contributed by atoms with Gasteiger partial charge in [-0.3, -0.25) is 19.3 Å². The van der Waals surface area contributed by atoms with Gasteiger partial charge in [0.1, 0.15) is 0 Å². The van der Waals surface area contributed by atoms with Gasteiger partial charge in [-0.25, -0.2) is 0 Å². The van der Waals surface area contributed by atoms with Crippen LogP contribution in [0.1, 0.15) is 28.8 Å². The fourth-order valence-corrected chi connectivity index (χ4v) is 2.96. The van der Waals surface area contributed by atoms with Crippen molar-refractivity contribution in [2.24, 2.45) is 0 Å². The van der Waals surface area contributed by atoms with Gasteiger partial charge in [0, 0.05) is 24.9 Å². The van der Waals surface area contributed by atoms with Gasteiger partial charge in [0.05, 0.1) is 5.69 Å². The maximum Gasteiger partial charge on any atom is 0.251 e. The Morgan fingerprint density at radius 2 is 1.65 bits per heavy atom. The first kappa shape index (κ1) is 16.1. The van der Waals surface area contributed by atoms with E-state index in [0.717, 1.165) is 10.5 Å². The van der Waals surface area contributed by atoms with Gasteiger partial charge >= 0.3 is 0 Å². The zero-order valence-corrected chi connectivity index (χ0v) is 13.9. The lowest BCUT2D eigenvalue weighted by Gasteiger charge is -2.14. The molecule has 0 aliphatic carbocycles. The molecule has 2 aliphatic rings. The molecule has 0 unspecified atom stereocenters. The van der Waals surface area contributed by atoms with E-state index in [-0.39, 0.29) is 37.4 Å². The minimum absolute atomic E-state index is 0.208. The van der Waals surface area contributed by atoms with E-state index in [4.69, 9.17) is 9.47 Å². The van der Waals surface area contributed by atoms with Crippen LogP contribution in [0.25, 0.3) is 0 Å². The van der Waals surface area contributed by atoms with Crippen molar-refractivity contribution in [2.75, 3.05) is 11.7 Å². The Morgan fingerprint density at radius 3 is 2.38 bits per heavy atom. The number of carbonyl (C=O) groups excluding carboxylic acids is 3. The molecule has 26 heavy (non-hydrogen) atoms. The van der Waals surface area contributed by atoms with Crippen LogP contribution >= 0.6 is 0 Å². The average molecular weight is 352 g/mol. The molecule has 7 heteroatoms. The second-order valence-electron chi connectivity index (χ2n) is 6.04. The summed E-state index contributed by atoms with van der Waals surface area (Å²) in [5.41, 5.74) is 1.84. The van der Waals surface area contributed by atoms with Crippen LogP contribution in [-0.2, 0) is 16.1 Å². The molecule has 2 heterocycles. The van der Waals surface area contributed by atoms with E-state index >= 15 is 0 Å². The first-order chi connectivity index (χ1) is 12.6. The van der Waals surface area contributed by atoms with Crippen molar-refractivity contribution in [3.8, 4) is 11.5 Å². The number of nitrogens with one attached hydrogen (secondary N) is 1. The van der Waals surface area contributed by atoms with Gasteiger partial charge in [-0.05, 0) is 42.0 Å². The molecule has 7 nitrogen and oxygen atoms in total. The Kier molecular flexibility index (Phi) is 4.04. The monoisotopic (exact) mass is 352 g/mol. The van der Waals surface area contributed by atoms with Gasteiger partial charge in [0.2, 0.25) is 18.6 Å². The predicted octanol–water partition coefficient (Wildman–Crippen LogP) is 2.00. The molecule has 132 valence electrons. The second-order valence-corrected chi connectivity index (χ2v) is 6.04. The zero-order chi connectivity index (χ0) is 18.1. The lowest BCUT2D eigenvalue weighted by Crippen LogP contribution is -2.28. The highest BCUT2D eigenvalue weighted by Crippen LogP contribution is 2.32. The number of fused-ring (bicyclic) bond motifs is 1. The molecule has 2 aromatic rings. The maximum atomic E-state index is 12.3. The fraction of sp³-hybridized carbons (Fsp3) is 0.211. The molecule has 4 rings (SSSR count). The van der Waals surface area contributed by atoms with Gasteiger partial charge in [0.15, 0.2) is 11.5 Å². The Balaban J connectivity index is 1.40. The molecule has 0 radical (unpaired) electrons. The van der Waals surface area contributed by atoms with E-state index < -0.39 is 0 Å². The Labute approximate surface area is 149 Å². The van der Waals surface area contributed by atoms with Crippen LogP contribution in [0.3, 0.4) is 0 Å². The van der Waals surface area contributed by atoms with E-state index in [1.54, 1.807) is 24.3 Å². The molecule has 3 amide bonds. The first-order valence-electron chi connectivity index (χ1n) is 8.24. The van der Waals surface area contributed by atoms with Crippen LogP contribution in [0.2, 0.25) is 0 Å². The quantitative estimate of drug-likeness (QED) is 0.851. The lowest BCUT2D eigenvalue weighted by molar-refractivity contribution is -0.121. The number of rotatable bonds is 4. The smallest absolute Gasteiger partial charge is 0.251 e. The summed E-state index contributed by atoms with van der Waals surface area (Å²) < 4.78 is 10.6. The molecule has 2 aromatic carbocycles. The topological polar surface area (TPSA) is 84.9 Å². The van der Waals surface area contributed by atoms with Crippen molar-refractivity contribution in [1.82, 2.24) is 5.32 Å². The SMILES string of the molecule is O=C(NCc1ccc2c(c1)OCO2)c1ccc(N2C(=O)CCC2=O)cc1. The van der Waals surface area contributed by atoms with Crippen LogP contribution in [0.5, 0.6) is 11.5 Å². The number of ether oxygens (including phenoxy) is 2. The summed E-state index contributed by atoms with van der Waals surface area (Å²) >= 11 is 0. The van der Waals surface area contributed by atoms with E-state index in [9.17, 15) is 14.4 Å². The summed E-state index contributed by atoms with van der Waals surface area (Å²) in [6.07, 6.45) is 0.465. The number of nitrogens with zero attached hydrogens (tertiary/aromatic N) is 1. The van der Waals surface area contributed by atoms with Gasteiger partial charge in [-0.2, -0.15) is 0 Å². The minimum atomic E-state index is -0.242. The molecule has 1 N–H and O–H groups in total. The molecule has 0 bridgehead atoms. The molecule has 2 aliphatic heterocycles. The van der Waals surface area contributed by atoms with Crippen LogP contribution in [-0.4, -0.2) is 24.5 Å². The van der Waals surface area contributed by atoms with Crippen LogP contribution in [0, 0.1) is 0 Å². The van der Waals surface area contributed by atoms with E-state index in [1.165, 1.54) is 0 Å². The normalized spacial score (nSPS) is 15.5. The summed E-state index contributed by atoms with van der Waals surface area (Å²) in [6.45, 7) is 0.555. The van der Waals surface area contributed by atoms with E-state index in [1.807, 2.05) is 18.2 Å². The van der Waals surface area contributed by atoms with Crippen molar-refractivity contribution >= 4 is 23.4 Å². The van der Waals surface area contributed by atoms with Crippen LogP contribution < -0.4 is 19.7 Å². The van der Waals surface area contributed by atoms with Crippen LogP contribution in [0.15, 0.2) is 42.5 Å². The zero-order valence-electron chi connectivity index (χ0n) is 13.9. The summed E-state index contributed by atoms with van der Waals surface area (Å²) in [5, 5.41) is 2.83. The summed E-state index contributed by atoms with van der Waals surface area (Å²) in [7, 11) is 0. The third kappa shape index (κ3) is 2.99. The Bertz CT molecular complexity index is 875. The molecule has 0 atom stereocenters. The first-order valence-corrected chi connectivity index (χ1v) is 8.24. The van der Waals surface area contributed by atoms with Crippen molar-refractivity contribution in [2.45, 2.75) is 19.4 Å². The molecule has 0 aromatic heterocycles. The standard InChI is InChI=1S/C19H16N2O5/c22-17-7-8-18(23)21(17)14-4-2-13(3-5-14)19(24)20-10-12-1-6-15-16(9-12)26-11-25-15/h1-6,9H,7-8,10-11H2,(H,20,24). The number of benzene rings is 2. The third-order valence-corrected chi connectivity index (χ3v) is 4.33. The number of carbonyl (C=O) groups is 3. The van der Waals surface area contributed by atoms with E-state index in [0.29, 0.717) is 29.3 Å². The molecular formula is C19H16N2O5. The number of imide groups is 1. The van der Waals surface area contributed by atoms with Crippen molar-refractivity contribution in [1.29, 1.82) is 0 Å². The van der Waals surface area contributed by atoms with Crippen LogP contribution in [0.4, 0.5) is 5.69 Å². The summed E-state index contributed by atoms with van der Waals surface area (Å²) in [4.78, 5) is 37.0. The Morgan fingerprint density at radius 1 is 0.962 bits per heavy atom. The van der Waals surface area contributed by atoms with Gasteiger partial charge in [-0.15, -0.1) is 0 Å². The summed E-state index contributed by atoms with van der Waals surface area (Å²) in [5.74, 6) is 0.695. The predicted molar refractivity (Wildman–Crippen MR) is 91.9 cm³/mol. The number of hydrogen-bond donors (Lipinski definition) is 1. The highest BCUT2D eigenvalue weighted by molar-refractivity contribution is 6.19. The van der Waals surface area contributed by atoms with Crippen molar-refractivity contribution in [3.05, 3.63) is 53.6 Å². The summed E-state index contributed by atoms with van der Waals surface area (Å²) in [6, 6.07) is 11.9. The van der Waals surface area contributed by atoms with Crippen molar-refractivity contribution < 1.29 is 23.9 Å². The highest BCUT2D eigenvalue weighted by atomic mass is 16.7. The molecule has 0 spiro atoms. The fourth-order valence-electron chi connectivity index (χ4n) is 2.96. The number of hydrogen-bond acceptors (Lipinski definition) is 5. The molecule has 0 saturated carbocycles. The minimum Gasteiger partial charge on any atom is -0.454 e. The molecule has 1 saturated heterocycles. The van der Waals surface area contributed by atoms with Gasteiger partial charge in [0.25, 0.3) is 5.91 Å². The Hall–Kier alpha value is -3.35. The molecule has 1 fully saturated rings. The average Bonchev–Trinajstić information content (AvgIpc) is 3.25. The number of anilines is 1. The number of amides is 3. The largest absolute Gasteiger partial charge is 0.454 e. The van der Waals surface area contributed by atoms with Gasteiger partial charge < -0.3 is 14.8 Å². The molecular weight excluding hydrogens is 336 g/mol. The highest BCUT2D eigenvalue weighted by Gasteiger charge is 2.30. The third-order valence-electron chi connectivity index (χ3n) is 4.33. The van der Waals surface area contributed by atoms with Gasteiger partial charge in [-0.1, -0.05) is 6.07 Å². The van der Waals surface area contributed by atoms with Crippen molar-refractivity contribution in [3.63, 3.8) is 0 Å². The maximum absolute atomic E-state index is 12.3. The lowest BCUT2D eigenvalue weighted by atomic mass is 10.1. The van der Waals surface area contributed by atoms with E-state index in [2.05, 4.69) is 5.32 Å². The second kappa shape index (κ2) is 6.51.